The first-order valence-corrected chi connectivity index (χ1v) is 15.2. The summed E-state index contributed by atoms with van der Waals surface area (Å²) in [5, 5.41) is 31.1. The van der Waals surface area contributed by atoms with Crippen molar-refractivity contribution in [3.8, 4) is 11.5 Å². The predicted molar refractivity (Wildman–Crippen MR) is 170 cm³/mol. The van der Waals surface area contributed by atoms with E-state index < -0.39 is 42.1 Å². The van der Waals surface area contributed by atoms with Crippen molar-refractivity contribution >= 4 is 29.6 Å². The zero-order chi connectivity index (χ0) is 36.5. The normalized spacial score (nSPS) is 17.8. The van der Waals surface area contributed by atoms with Crippen LogP contribution in [0, 0.1) is 0 Å². The largest absolute Gasteiger partial charge is 0.542 e. The van der Waals surface area contributed by atoms with Crippen LogP contribution in [0.2, 0.25) is 0 Å². The molecule has 15 heteroatoms. The van der Waals surface area contributed by atoms with Crippen LogP contribution < -0.4 is 16.2 Å². The first-order valence-electron chi connectivity index (χ1n) is 15.2. The molecule has 1 aliphatic heterocycles. The van der Waals surface area contributed by atoms with Crippen LogP contribution in [-0.2, 0) is 27.3 Å². The third-order valence-electron chi connectivity index (χ3n) is 7.61. The monoisotopic (exact) mass is 688 g/mol. The van der Waals surface area contributed by atoms with Gasteiger partial charge in [-0.1, -0.05) is 24.3 Å². The van der Waals surface area contributed by atoms with Crippen LogP contribution >= 0.6 is 0 Å². The Balaban J connectivity index is 0.000000838. The SMILES string of the molecule is CC(C)OC(=O)c1ccc(NC(=O)N(C(=O)[C@@H](N)Cc2ccc(O)cc2)[C@H]2CC[N+](C)(Cc3cccc(O)c3)C2)cc1.O=C([O-])C(F)(F)F. The number of halogens is 3. The number of nitrogens with two attached hydrogens (primary N) is 1. The number of quaternary nitrogens is 1. The Bertz CT molecular complexity index is 1620. The van der Waals surface area contributed by atoms with E-state index in [0.29, 0.717) is 35.2 Å². The summed E-state index contributed by atoms with van der Waals surface area (Å²) in [6, 6.07) is 17.8. The second-order valence-corrected chi connectivity index (χ2v) is 12.2. The maximum absolute atomic E-state index is 13.8. The van der Waals surface area contributed by atoms with Crippen molar-refractivity contribution in [3.05, 3.63) is 89.5 Å². The Morgan fingerprint density at radius 1 is 1.00 bits per heavy atom. The van der Waals surface area contributed by atoms with Crippen LogP contribution in [0.5, 0.6) is 11.5 Å². The molecule has 1 fully saturated rings. The number of phenolic OH excluding ortho intramolecular Hbond substituents is 2. The van der Waals surface area contributed by atoms with E-state index in [1.54, 1.807) is 68.4 Å². The summed E-state index contributed by atoms with van der Waals surface area (Å²) in [4.78, 5) is 49.7. The summed E-state index contributed by atoms with van der Waals surface area (Å²) >= 11 is 0. The lowest BCUT2D eigenvalue weighted by Crippen LogP contribution is -2.55. The zero-order valence-electron chi connectivity index (χ0n) is 27.1. The molecule has 0 bridgehead atoms. The van der Waals surface area contributed by atoms with Gasteiger partial charge in [0.2, 0.25) is 5.91 Å². The lowest BCUT2D eigenvalue weighted by atomic mass is 10.0. The van der Waals surface area contributed by atoms with Crippen molar-refractivity contribution in [3.63, 3.8) is 0 Å². The number of nitrogens with one attached hydrogen (secondary N) is 1. The lowest BCUT2D eigenvalue weighted by Gasteiger charge is -2.33. The Morgan fingerprint density at radius 2 is 1.61 bits per heavy atom. The van der Waals surface area contributed by atoms with Gasteiger partial charge in [0.15, 0.2) is 0 Å². The fourth-order valence-corrected chi connectivity index (χ4v) is 5.36. The van der Waals surface area contributed by atoms with Gasteiger partial charge in [0.05, 0.1) is 37.3 Å². The summed E-state index contributed by atoms with van der Waals surface area (Å²) in [5.41, 5.74) is 8.85. The molecule has 1 heterocycles. The van der Waals surface area contributed by atoms with Gasteiger partial charge in [0.25, 0.3) is 0 Å². The molecular formula is C34H39F3N4O8. The molecule has 0 saturated carbocycles. The van der Waals surface area contributed by atoms with E-state index in [1.165, 1.54) is 17.0 Å². The minimum Gasteiger partial charge on any atom is -0.542 e. The molecule has 12 nitrogen and oxygen atoms in total. The summed E-state index contributed by atoms with van der Waals surface area (Å²) in [7, 11) is 2.07. The van der Waals surface area contributed by atoms with Gasteiger partial charge in [0, 0.05) is 17.7 Å². The van der Waals surface area contributed by atoms with Crippen molar-refractivity contribution < 1.29 is 56.9 Å². The number of hydrogen-bond acceptors (Lipinski definition) is 9. The number of nitrogens with zero attached hydrogens (tertiary/aromatic N) is 2. The smallest absolute Gasteiger partial charge is 0.430 e. The van der Waals surface area contributed by atoms with E-state index in [2.05, 4.69) is 12.4 Å². The Morgan fingerprint density at radius 3 is 2.16 bits per heavy atom. The number of rotatable bonds is 9. The maximum atomic E-state index is 13.8. The average molecular weight is 689 g/mol. The van der Waals surface area contributed by atoms with Crippen LogP contribution in [0.1, 0.15) is 41.8 Å². The van der Waals surface area contributed by atoms with Gasteiger partial charge >= 0.3 is 18.2 Å². The van der Waals surface area contributed by atoms with Gasteiger partial charge in [-0.05, 0) is 74.4 Å². The fourth-order valence-electron chi connectivity index (χ4n) is 5.36. The van der Waals surface area contributed by atoms with Crippen molar-refractivity contribution in [1.29, 1.82) is 0 Å². The maximum Gasteiger partial charge on any atom is 0.430 e. The second-order valence-electron chi connectivity index (χ2n) is 12.2. The number of likely N-dealkylation sites (N-methyl/N-ethyl adjacent to an activating group) is 1. The molecule has 4 rings (SSSR count). The number of ether oxygens (including phenoxy) is 1. The number of amides is 3. The molecule has 1 unspecified atom stereocenters. The highest BCUT2D eigenvalue weighted by Crippen LogP contribution is 2.27. The number of benzene rings is 3. The number of hydrogen-bond donors (Lipinski definition) is 4. The number of carbonyl (C=O) groups is 4. The second kappa shape index (κ2) is 16.3. The van der Waals surface area contributed by atoms with Crippen molar-refractivity contribution in [2.24, 2.45) is 5.73 Å². The number of carboxylic acids is 1. The van der Waals surface area contributed by atoms with Crippen LogP contribution in [0.4, 0.5) is 23.7 Å². The van der Waals surface area contributed by atoms with Crippen LogP contribution in [0.25, 0.3) is 0 Å². The Hall–Kier alpha value is -5.15. The molecule has 264 valence electrons. The molecule has 49 heavy (non-hydrogen) atoms. The summed E-state index contributed by atoms with van der Waals surface area (Å²) in [6.45, 7) is 5.39. The number of alkyl halides is 3. The van der Waals surface area contributed by atoms with E-state index in [1.807, 2.05) is 6.07 Å². The zero-order valence-corrected chi connectivity index (χ0v) is 27.1. The van der Waals surface area contributed by atoms with E-state index in [0.717, 1.165) is 17.7 Å². The van der Waals surface area contributed by atoms with Gasteiger partial charge in [-0.3, -0.25) is 9.69 Å². The summed E-state index contributed by atoms with van der Waals surface area (Å²) < 4.78 is 37.3. The topological polar surface area (TPSA) is 182 Å². The van der Waals surface area contributed by atoms with Gasteiger partial charge in [0.1, 0.15) is 30.6 Å². The van der Waals surface area contributed by atoms with Gasteiger partial charge in [-0.2, -0.15) is 13.2 Å². The number of phenols is 2. The van der Waals surface area contributed by atoms with Crippen molar-refractivity contribution in [2.45, 2.75) is 57.6 Å². The highest BCUT2D eigenvalue weighted by molar-refractivity contribution is 6.03. The molecule has 5 N–H and O–H groups in total. The first-order chi connectivity index (χ1) is 22.9. The van der Waals surface area contributed by atoms with Crippen molar-refractivity contribution in [2.75, 3.05) is 25.5 Å². The van der Waals surface area contributed by atoms with Crippen molar-refractivity contribution in [1.82, 2.24) is 4.90 Å². The fraction of sp³-hybridized carbons (Fsp3) is 0.353. The molecule has 0 spiro atoms. The minimum atomic E-state index is -5.19. The molecule has 3 atom stereocenters. The molecule has 3 aromatic carbocycles. The number of likely N-dealkylation sites (tertiary alicyclic amines) is 1. The molecule has 0 aromatic heterocycles. The summed E-state index contributed by atoms with van der Waals surface area (Å²) in [6.07, 6.45) is -4.68. The van der Waals surface area contributed by atoms with Crippen LogP contribution in [0.3, 0.4) is 0 Å². The number of carboxylic acid groups (broad SMARTS) is 1. The lowest BCUT2D eigenvalue weighted by molar-refractivity contribution is -0.911. The van der Waals surface area contributed by atoms with Crippen LogP contribution in [-0.4, -0.2) is 88.0 Å². The number of carbonyl (C=O) groups excluding carboxylic acids is 4. The Labute approximate surface area is 281 Å². The molecular weight excluding hydrogens is 649 g/mol. The molecule has 1 saturated heterocycles. The third kappa shape index (κ3) is 11.5. The first kappa shape index (κ1) is 38.3. The standard InChI is InChI=1S/C32H38N4O6.C2HF3O2/c1-21(2)42-31(40)24-9-11-25(12-10-24)34-32(41)35(30(39)29(33)18-22-7-13-27(37)14-8-22)26-15-16-36(3,20-26)19-23-5-4-6-28(38)17-23;3-2(4,5)1(6)7/h4-14,17,21,26,29H,15-16,18-20,33H2,1-3H3,(H2-,34,37,38,40,41);(H,6,7)/t26-,29-,36?;/m0./s1. The molecule has 1 aliphatic rings. The highest BCUT2D eigenvalue weighted by Gasteiger charge is 2.43. The number of aromatic hydroxyl groups is 2. The van der Waals surface area contributed by atoms with E-state index >= 15 is 0 Å². The Kier molecular flexibility index (Phi) is 12.7. The molecule has 3 amide bonds. The number of esters is 1. The number of urea groups is 1. The number of imide groups is 1. The van der Waals surface area contributed by atoms with E-state index in [9.17, 15) is 37.8 Å². The molecule has 0 aliphatic carbocycles. The van der Waals surface area contributed by atoms with E-state index in [4.69, 9.17) is 20.4 Å². The van der Waals surface area contributed by atoms with Crippen LogP contribution in [0.15, 0.2) is 72.8 Å². The number of aliphatic carboxylic acids is 1. The molecule has 3 aromatic rings. The van der Waals surface area contributed by atoms with E-state index in [-0.39, 0.29) is 24.0 Å². The average Bonchev–Trinajstić information content (AvgIpc) is 3.38. The quantitative estimate of drug-likeness (QED) is 0.194. The molecule has 0 radical (unpaired) electrons. The van der Waals surface area contributed by atoms with Gasteiger partial charge in [-0.25, -0.2) is 9.59 Å². The highest BCUT2D eigenvalue weighted by atomic mass is 19.4. The number of anilines is 1. The third-order valence-corrected chi connectivity index (χ3v) is 7.61. The van der Waals surface area contributed by atoms with Gasteiger partial charge in [-0.15, -0.1) is 0 Å². The summed E-state index contributed by atoms with van der Waals surface area (Å²) in [5.74, 6) is -3.68. The minimum absolute atomic E-state index is 0.109. The van der Waals surface area contributed by atoms with Gasteiger partial charge < -0.3 is 40.4 Å². The predicted octanol–water partition coefficient (Wildman–Crippen LogP) is 3.31.